The van der Waals surface area contributed by atoms with Crippen molar-refractivity contribution in [3.05, 3.63) is 131 Å². The Morgan fingerprint density at radius 3 is 1.45 bits per heavy atom. The molecule has 1 saturated carbocycles. The lowest BCUT2D eigenvalue weighted by atomic mass is 10.0. The van der Waals surface area contributed by atoms with Gasteiger partial charge in [-0.2, -0.15) is 0 Å². The molecule has 4 aromatic rings. The lowest BCUT2D eigenvalue weighted by Crippen LogP contribution is -2.35. The molecular weight excluding hydrogens is 548 g/mol. The minimum atomic E-state index is -1.91. The molecule has 0 bridgehead atoms. The molecule has 2 unspecified atom stereocenters. The third-order valence-electron chi connectivity index (χ3n) is 8.13. The fourth-order valence-corrected chi connectivity index (χ4v) is 14.2. The van der Waals surface area contributed by atoms with Crippen LogP contribution in [0.25, 0.3) is 0 Å². The Labute approximate surface area is 235 Å². The van der Waals surface area contributed by atoms with Crippen LogP contribution in [0.4, 0.5) is 17.6 Å². The maximum Gasteiger partial charge on any atom is 0.168 e. The standard InChI is InChI=1S/C33H31F4NP2/c34-26-17-9-19-30(32(26)36)40(31-20-10-18-27(35)33(31)37)38(25-15-7-8-16-25)39-28(23-11-3-1-4-12-23)21-22-29(39)24-13-5-2-6-14-24/h1-6,9-14,17-20,25,28-29H,7-8,15-16,21-22H2/t28-,29?,39?/m0/s1. The molecule has 4 aromatic carbocycles. The smallest absolute Gasteiger partial charge is 0.168 e. The van der Waals surface area contributed by atoms with E-state index in [9.17, 15) is 8.78 Å². The van der Waals surface area contributed by atoms with E-state index in [1.165, 1.54) is 23.3 Å². The van der Waals surface area contributed by atoms with Gasteiger partial charge in [-0.15, -0.1) is 0 Å². The Bertz CT molecular complexity index is 1350. The van der Waals surface area contributed by atoms with Crippen LogP contribution in [0.2, 0.25) is 0 Å². The molecule has 1 aliphatic heterocycles. The van der Waals surface area contributed by atoms with Crippen molar-refractivity contribution in [3.63, 3.8) is 0 Å². The number of hydrogen-bond acceptors (Lipinski definition) is 1. The number of rotatable bonds is 7. The van der Waals surface area contributed by atoms with Crippen LogP contribution in [0.5, 0.6) is 0 Å². The Morgan fingerprint density at radius 2 is 1.00 bits per heavy atom. The van der Waals surface area contributed by atoms with Crippen LogP contribution in [0.1, 0.15) is 61.0 Å². The SMILES string of the molecule is Fc1cccc(P(c2cccc(F)c2F)N(C2CCCC2)P2C(c3ccccc3)CC[C@H]2c2ccccc2)c1F. The van der Waals surface area contributed by atoms with E-state index in [2.05, 4.69) is 28.7 Å². The Balaban J connectivity index is 1.60. The zero-order valence-corrected chi connectivity index (χ0v) is 23.9. The molecule has 0 N–H and O–H groups in total. The molecule has 1 nitrogen and oxygen atoms in total. The molecule has 0 amide bonds. The van der Waals surface area contributed by atoms with Gasteiger partial charge in [-0.05, 0) is 69.1 Å². The van der Waals surface area contributed by atoms with Gasteiger partial charge in [0.2, 0.25) is 0 Å². The van der Waals surface area contributed by atoms with Gasteiger partial charge in [0, 0.05) is 36.0 Å². The van der Waals surface area contributed by atoms with Crippen molar-refractivity contribution in [2.24, 2.45) is 0 Å². The van der Waals surface area contributed by atoms with Gasteiger partial charge < -0.3 is 0 Å². The van der Waals surface area contributed by atoms with E-state index < -0.39 is 39.4 Å². The van der Waals surface area contributed by atoms with Crippen molar-refractivity contribution in [2.75, 3.05) is 0 Å². The van der Waals surface area contributed by atoms with Crippen molar-refractivity contribution in [2.45, 2.75) is 55.9 Å². The summed E-state index contributed by atoms with van der Waals surface area (Å²) >= 11 is 0. The van der Waals surface area contributed by atoms with Crippen molar-refractivity contribution in [1.29, 1.82) is 0 Å². The minimum absolute atomic E-state index is 0.0677. The Hall–Kier alpha value is -2.58. The van der Waals surface area contributed by atoms with Crippen molar-refractivity contribution < 1.29 is 17.6 Å². The van der Waals surface area contributed by atoms with E-state index in [1.807, 2.05) is 36.4 Å². The number of nitrogens with zero attached hydrogens (tertiary/aromatic N) is 1. The molecular formula is C33H31F4NP2. The van der Waals surface area contributed by atoms with Gasteiger partial charge in [-0.25, -0.2) is 22.0 Å². The van der Waals surface area contributed by atoms with E-state index >= 15 is 8.78 Å². The highest BCUT2D eigenvalue weighted by molar-refractivity contribution is 7.79. The molecule has 7 heteroatoms. The summed E-state index contributed by atoms with van der Waals surface area (Å²) in [5, 5.41) is 0.249. The molecule has 1 aliphatic carbocycles. The molecule has 3 atom stereocenters. The van der Waals surface area contributed by atoms with Gasteiger partial charge in [-0.3, -0.25) is 0 Å². The maximum atomic E-state index is 15.7. The molecule has 1 saturated heterocycles. The third kappa shape index (κ3) is 5.25. The fourth-order valence-electron chi connectivity index (χ4n) is 6.33. The van der Waals surface area contributed by atoms with E-state index in [1.54, 1.807) is 12.1 Å². The molecule has 0 aromatic heterocycles. The van der Waals surface area contributed by atoms with Crippen LogP contribution >= 0.6 is 16.1 Å². The summed E-state index contributed by atoms with van der Waals surface area (Å²) < 4.78 is 63.5. The second kappa shape index (κ2) is 12.1. The Kier molecular flexibility index (Phi) is 8.35. The first-order valence-corrected chi connectivity index (χ1v) is 16.6. The predicted octanol–water partition coefficient (Wildman–Crippen LogP) is 9.51. The average molecular weight is 580 g/mol. The first kappa shape index (κ1) is 27.6. The van der Waals surface area contributed by atoms with Crippen LogP contribution in [0.15, 0.2) is 97.1 Å². The molecule has 2 fully saturated rings. The topological polar surface area (TPSA) is 3.24 Å². The highest BCUT2D eigenvalue weighted by atomic mass is 31.2. The molecule has 40 heavy (non-hydrogen) atoms. The molecule has 2 aliphatic rings. The van der Waals surface area contributed by atoms with Gasteiger partial charge in [-0.1, -0.05) is 85.6 Å². The third-order valence-corrected chi connectivity index (χ3v) is 14.8. The van der Waals surface area contributed by atoms with Crippen LogP contribution in [-0.4, -0.2) is 10.5 Å². The van der Waals surface area contributed by atoms with Gasteiger partial charge in [0.25, 0.3) is 0 Å². The van der Waals surface area contributed by atoms with E-state index in [4.69, 9.17) is 0 Å². The van der Waals surface area contributed by atoms with Gasteiger partial charge in [0.05, 0.1) is 0 Å². The van der Waals surface area contributed by atoms with Gasteiger partial charge in [0.1, 0.15) is 0 Å². The summed E-state index contributed by atoms with van der Waals surface area (Å²) in [5.74, 6) is -3.87. The molecule has 6 rings (SSSR count). The molecule has 1 heterocycles. The maximum absolute atomic E-state index is 15.7. The second-order valence-electron chi connectivity index (χ2n) is 10.5. The average Bonchev–Trinajstić information content (AvgIpc) is 3.67. The van der Waals surface area contributed by atoms with Crippen LogP contribution < -0.4 is 10.6 Å². The lowest BCUT2D eigenvalue weighted by molar-refractivity contribution is 0.491. The number of halogens is 4. The van der Waals surface area contributed by atoms with Gasteiger partial charge >= 0.3 is 0 Å². The summed E-state index contributed by atoms with van der Waals surface area (Å²) in [4.78, 5) is 0. The molecule has 0 spiro atoms. The van der Waals surface area contributed by atoms with Crippen LogP contribution in [0.3, 0.4) is 0 Å². The Morgan fingerprint density at radius 1 is 0.550 bits per heavy atom. The minimum Gasteiger partial charge on any atom is -0.248 e. The van der Waals surface area contributed by atoms with Gasteiger partial charge in [0.15, 0.2) is 23.3 Å². The van der Waals surface area contributed by atoms with Crippen molar-refractivity contribution in [1.82, 2.24) is 4.44 Å². The van der Waals surface area contributed by atoms with Crippen LogP contribution in [0, 0.1) is 23.3 Å². The lowest BCUT2D eigenvalue weighted by Gasteiger charge is -2.46. The second-order valence-corrected chi connectivity index (χ2v) is 15.3. The summed E-state index contributed by atoms with van der Waals surface area (Å²) in [5.41, 5.74) is 2.76. The summed E-state index contributed by atoms with van der Waals surface area (Å²) in [6.45, 7) is 0. The van der Waals surface area contributed by atoms with E-state index in [0.29, 0.717) is 0 Å². The highest BCUT2D eigenvalue weighted by Crippen LogP contribution is 2.77. The zero-order valence-electron chi connectivity index (χ0n) is 22.1. The molecule has 206 valence electrons. The number of benzene rings is 4. The first-order valence-electron chi connectivity index (χ1n) is 13.9. The quantitative estimate of drug-likeness (QED) is 0.156. The highest BCUT2D eigenvalue weighted by Gasteiger charge is 2.48. The summed E-state index contributed by atoms with van der Waals surface area (Å²) in [6.07, 6.45) is 5.73. The number of hydrogen-bond donors (Lipinski definition) is 0. The van der Waals surface area contributed by atoms with Crippen molar-refractivity contribution >= 4 is 26.8 Å². The predicted molar refractivity (Wildman–Crippen MR) is 158 cm³/mol. The summed E-state index contributed by atoms with van der Waals surface area (Å²) in [7, 11) is -2.96. The largest absolute Gasteiger partial charge is 0.248 e. The monoisotopic (exact) mass is 579 g/mol. The fraction of sp³-hybridized carbons (Fsp3) is 0.273. The van der Waals surface area contributed by atoms with Crippen LogP contribution in [-0.2, 0) is 0 Å². The van der Waals surface area contributed by atoms with E-state index in [-0.39, 0.29) is 28.0 Å². The van der Waals surface area contributed by atoms with Crippen molar-refractivity contribution in [3.8, 4) is 0 Å². The summed E-state index contributed by atoms with van der Waals surface area (Å²) in [6, 6.07) is 29.1. The zero-order chi connectivity index (χ0) is 27.6. The normalized spacial score (nSPS) is 21.5. The first-order chi connectivity index (χ1) is 19.5. The van der Waals surface area contributed by atoms with E-state index in [0.717, 1.165) is 50.7 Å². The molecule has 0 radical (unpaired) electrons.